The van der Waals surface area contributed by atoms with E-state index in [1.165, 1.54) is 0 Å². The maximum atomic E-state index is 12.0. The van der Waals surface area contributed by atoms with Crippen LogP contribution in [-0.2, 0) is 11.2 Å². The lowest BCUT2D eigenvalue weighted by atomic mass is 10.1. The van der Waals surface area contributed by atoms with Crippen molar-refractivity contribution in [2.24, 2.45) is 0 Å². The van der Waals surface area contributed by atoms with E-state index in [9.17, 15) is 9.90 Å². The molecule has 18 heavy (non-hydrogen) atoms. The Balaban J connectivity index is 2.03. The average Bonchev–Trinajstić information content (AvgIpc) is 2.78. The van der Waals surface area contributed by atoms with Crippen LogP contribution in [0.15, 0.2) is 18.2 Å². The first kappa shape index (κ1) is 12.9. The highest BCUT2D eigenvalue weighted by Crippen LogP contribution is 2.20. The molecule has 0 bridgehead atoms. The van der Waals surface area contributed by atoms with Gasteiger partial charge in [0.25, 0.3) is 0 Å². The molecular weight excluding hydrogens is 230 g/mol. The third-order valence-electron chi connectivity index (χ3n) is 3.34. The molecule has 2 rings (SSSR count). The Morgan fingerprint density at radius 1 is 1.56 bits per heavy atom. The molecule has 1 amide bonds. The smallest absolute Gasteiger partial charge is 0.227 e. The van der Waals surface area contributed by atoms with Crippen LogP contribution in [0.1, 0.15) is 17.5 Å². The number of hydrogen-bond donors (Lipinski definition) is 1. The van der Waals surface area contributed by atoms with Crippen molar-refractivity contribution in [1.82, 2.24) is 4.90 Å². The number of aliphatic hydroxyl groups excluding tert-OH is 1. The van der Waals surface area contributed by atoms with E-state index in [1.807, 2.05) is 25.1 Å². The molecule has 0 saturated carbocycles. The van der Waals surface area contributed by atoms with Gasteiger partial charge in [-0.3, -0.25) is 4.79 Å². The molecule has 1 aromatic rings. The van der Waals surface area contributed by atoms with Gasteiger partial charge in [0.15, 0.2) is 0 Å². The molecule has 1 aliphatic heterocycles. The molecule has 0 spiro atoms. The molecule has 0 aromatic heterocycles. The van der Waals surface area contributed by atoms with Crippen molar-refractivity contribution in [3.8, 4) is 5.75 Å². The molecule has 1 aromatic carbocycles. The molecule has 1 fully saturated rings. The van der Waals surface area contributed by atoms with Gasteiger partial charge in [-0.15, -0.1) is 0 Å². The minimum Gasteiger partial charge on any atom is -0.496 e. The van der Waals surface area contributed by atoms with Crippen LogP contribution in [0.25, 0.3) is 0 Å². The zero-order valence-electron chi connectivity index (χ0n) is 10.8. The standard InChI is InChI=1S/C14H19NO3/c1-10-3-4-11(7-13(10)18-2)8-14(17)15-6-5-12(16)9-15/h3-4,7,12,16H,5-6,8-9H2,1-2H3/t12-/m0/s1. The third-order valence-corrected chi connectivity index (χ3v) is 3.34. The van der Waals surface area contributed by atoms with Crippen molar-refractivity contribution in [2.75, 3.05) is 20.2 Å². The lowest BCUT2D eigenvalue weighted by Gasteiger charge is -2.16. The molecular formula is C14H19NO3. The summed E-state index contributed by atoms with van der Waals surface area (Å²) in [4.78, 5) is 13.7. The quantitative estimate of drug-likeness (QED) is 0.874. The summed E-state index contributed by atoms with van der Waals surface area (Å²) < 4.78 is 5.24. The molecule has 1 aliphatic rings. The first-order valence-corrected chi connectivity index (χ1v) is 6.19. The fourth-order valence-corrected chi connectivity index (χ4v) is 2.23. The zero-order chi connectivity index (χ0) is 13.1. The van der Waals surface area contributed by atoms with E-state index in [0.717, 1.165) is 16.9 Å². The molecule has 0 unspecified atom stereocenters. The van der Waals surface area contributed by atoms with E-state index in [1.54, 1.807) is 12.0 Å². The van der Waals surface area contributed by atoms with Crippen molar-refractivity contribution in [2.45, 2.75) is 25.9 Å². The third kappa shape index (κ3) is 2.82. The van der Waals surface area contributed by atoms with Gasteiger partial charge in [-0.25, -0.2) is 0 Å². The molecule has 1 heterocycles. The Morgan fingerprint density at radius 2 is 2.33 bits per heavy atom. The molecule has 0 aliphatic carbocycles. The number of aliphatic hydroxyl groups is 1. The summed E-state index contributed by atoms with van der Waals surface area (Å²) in [7, 11) is 1.63. The second kappa shape index (κ2) is 5.40. The summed E-state index contributed by atoms with van der Waals surface area (Å²) >= 11 is 0. The van der Waals surface area contributed by atoms with Crippen LogP contribution in [-0.4, -0.2) is 42.2 Å². The fraction of sp³-hybridized carbons (Fsp3) is 0.500. The van der Waals surface area contributed by atoms with Gasteiger partial charge in [0.2, 0.25) is 5.91 Å². The topological polar surface area (TPSA) is 49.8 Å². The van der Waals surface area contributed by atoms with Crippen LogP contribution in [0.5, 0.6) is 5.75 Å². The number of amides is 1. The number of ether oxygens (including phenoxy) is 1. The Labute approximate surface area is 107 Å². The fourth-order valence-electron chi connectivity index (χ4n) is 2.23. The van der Waals surface area contributed by atoms with Gasteiger partial charge in [-0.05, 0) is 30.5 Å². The van der Waals surface area contributed by atoms with Crippen LogP contribution in [0.2, 0.25) is 0 Å². The van der Waals surface area contributed by atoms with Gasteiger partial charge in [0, 0.05) is 13.1 Å². The van der Waals surface area contributed by atoms with Crippen LogP contribution in [0, 0.1) is 6.92 Å². The highest BCUT2D eigenvalue weighted by molar-refractivity contribution is 5.79. The summed E-state index contributed by atoms with van der Waals surface area (Å²) in [5.74, 6) is 0.874. The summed E-state index contributed by atoms with van der Waals surface area (Å²) in [5, 5.41) is 9.42. The summed E-state index contributed by atoms with van der Waals surface area (Å²) in [5.41, 5.74) is 2.01. The van der Waals surface area contributed by atoms with Crippen LogP contribution < -0.4 is 4.74 Å². The number of likely N-dealkylation sites (tertiary alicyclic amines) is 1. The lowest BCUT2D eigenvalue weighted by Crippen LogP contribution is -2.30. The molecule has 1 N–H and O–H groups in total. The summed E-state index contributed by atoms with van der Waals surface area (Å²) in [6, 6.07) is 5.81. The first-order chi connectivity index (χ1) is 8.60. The van der Waals surface area contributed by atoms with E-state index < -0.39 is 0 Å². The number of methoxy groups -OCH3 is 1. The number of β-amino-alcohol motifs (C(OH)–C–C–N with tert-alkyl or cyclic N) is 1. The van der Waals surface area contributed by atoms with Crippen molar-refractivity contribution in [3.63, 3.8) is 0 Å². The van der Waals surface area contributed by atoms with Gasteiger partial charge in [0.1, 0.15) is 5.75 Å². The van der Waals surface area contributed by atoms with Crippen LogP contribution in [0.3, 0.4) is 0 Å². The second-order valence-electron chi connectivity index (χ2n) is 4.76. The maximum Gasteiger partial charge on any atom is 0.227 e. The van der Waals surface area contributed by atoms with Crippen LogP contribution >= 0.6 is 0 Å². The Kier molecular flexibility index (Phi) is 3.87. The summed E-state index contributed by atoms with van der Waals surface area (Å²) in [6.07, 6.45) is 0.688. The van der Waals surface area contributed by atoms with Gasteiger partial charge >= 0.3 is 0 Å². The van der Waals surface area contributed by atoms with Crippen molar-refractivity contribution >= 4 is 5.91 Å². The summed E-state index contributed by atoms with van der Waals surface area (Å²) in [6.45, 7) is 3.09. The van der Waals surface area contributed by atoms with E-state index in [2.05, 4.69) is 0 Å². The van der Waals surface area contributed by atoms with Crippen molar-refractivity contribution < 1.29 is 14.6 Å². The molecule has 1 saturated heterocycles. The number of nitrogens with zero attached hydrogens (tertiary/aromatic N) is 1. The Morgan fingerprint density at radius 3 is 2.94 bits per heavy atom. The highest BCUT2D eigenvalue weighted by atomic mass is 16.5. The lowest BCUT2D eigenvalue weighted by molar-refractivity contribution is -0.129. The molecule has 0 radical (unpaired) electrons. The Bertz CT molecular complexity index is 445. The van der Waals surface area contributed by atoms with Crippen molar-refractivity contribution in [3.05, 3.63) is 29.3 Å². The van der Waals surface area contributed by atoms with Crippen molar-refractivity contribution in [1.29, 1.82) is 0 Å². The van der Waals surface area contributed by atoms with E-state index in [0.29, 0.717) is 25.9 Å². The van der Waals surface area contributed by atoms with E-state index >= 15 is 0 Å². The largest absolute Gasteiger partial charge is 0.496 e. The average molecular weight is 249 g/mol. The molecule has 1 atom stereocenters. The normalized spacial score (nSPS) is 19.1. The number of hydrogen-bond acceptors (Lipinski definition) is 3. The number of aryl methyl sites for hydroxylation is 1. The van der Waals surface area contributed by atoms with Gasteiger partial charge < -0.3 is 14.7 Å². The SMILES string of the molecule is COc1cc(CC(=O)N2CC[C@H](O)C2)ccc1C. The minimum atomic E-state index is -0.360. The van der Waals surface area contributed by atoms with Gasteiger partial charge in [-0.1, -0.05) is 12.1 Å². The number of benzene rings is 1. The van der Waals surface area contributed by atoms with E-state index in [4.69, 9.17) is 4.74 Å². The zero-order valence-corrected chi connectivity index (χ0v) is 10.8. The molecule has 98 valence electrons. The maximum absolute atomic E-state index is 12.0. The van der Waals surface area contributed by atoms with Gasteiger partial charge in [0.05, 0.1) is 19.6 Å². The number of carbonyl (C=O) groups is 1. The first-order valence-electron chi connectivity index (χ1n) is 6.19. The molecule has 4 nitrogen and oxygen atoms in total. The number of rotatable bonds is 3. The predicted molar refractivity (Wildman–Crippen MR) is 68.6 cm³/mol. The van der Waals surface area contributed by atoms with E-state index in [-0.39, 0.29) is 12.0 Å². The Hall–Kier alpha value is -1.55. The van der Waals surface area contributed by atoms with Gasteiger partial charge in [-0.2, -0.15) is 0 Å². The van der Waals surface area contributed by atoms with Crippen LogP contribution in [0.4, 0.5) is 0 Å². The second-order valence-corrected chi connectivity index (χ2v) is 4.76. The molecule has 4 heteroatoms. The number of carbonyl (C=O) groups excluding carboxylic acids is 1. The highest BCUT2D eigenvalue weighted by Gasteiger charge is 2.24. The monoisotopic (exact) mass is 249 g/mol. The predicted octanol–water partition coefficient (Wildman–Crippen LogP) is 1.14. The minimum absolute atomic E-state index is 0.0671.